The van der Waals surface area contributed by atoms with Crippen LogP contribution < -0.4 is 0 Å². The molecule has 0 amide bonds. The Morgan fingerprint density at radius 1 is 1.31 bits per heavy atom. The van der Waals surface area contributed by atoms with Gasteiger partial charge >= 0.3 is 0 Å². The van der Waals surface area contributed by atoms with Gasteiger partial charge in [-0.3, -0.25) is 0 Å². The predicted octanol–water partition coefficient (Wildman–Crippen LogP) is 4.11. The lowest BCUT2D eigenvalue weighted by Gasteiger charge is -1.96. The van der Waals surface area contributed by atoms with Crippen molar-refractivity contribution in [2.45, 2.75) is 6.42 Å². The van der Waals surface area contributed by atoms with Crippen LogP contribution in [0.4, 0.5) is 0 Å². The Bertz CT molecular complexity index is 307. The topological polar surface area (TPSA) is 23.8 Å². The number of rotatable bonds is 1. The lowest BCUT2D eigenvalue weighted by molar-refractivity contribution is 1.26. The molecule has 0 fully saturated rings. The monoisotopic (exact) mass is 327 g/mol. The first-order valence-electron chi connectivity index (χ1n) is 3.42. The molecule has 4 heteroatoms. The predicted molar refractivity (Wildman–Crippen MR) is 65.7 cm³/mol. The van der Waals surface area contributed by atoms with E-state index >= 15 is 0 Å². The summed E-state index contributed by atoms with van der Waals surface area (Å²) in [6.45, 7) is 0. The van der Waals surface area contributed by atoms with Gasteiger partial charge in [0.2, 0.25) is 0 Å². The van der Waals surface area contributed by atoms with Crippen LogP contribution in [0.3, 0.4) is 0 Å². The first-order valence-corrected chi connectivity index (χ1v) is 6.34. The second-order valence-electron chi connectivity index (χ2n) is 2.08. The smallest absolute Gasteiger partial charge is 0.0669 e. The molecular weight excluding hydrogens is 320 g/mol. The van der Waals surface area contributed by atoms with Gasteiger partial charge in [0.1, 0.15) is 0 Å². The molecule has 0 N–H and O–H groups in total. The van der Waals surface area contributed by atoms with Crippen LogP contribution in [0.1, 0.15) is 5.56 Å². The van der Waals surface area contributed by atoms with E-state index in [2.05, 4.69) is 22.6 Å². The SMILES string of the molecule is CI.N#CCc1ccc(Cl)c(Cl)c1. The molecule has 1 aromatic rings. The molecule has 0 aliphatic heterocycles. The zero-order chi connectivity index (χ0) is 10.3. The molecule has 13 heavy (non-hydrogen) atoms. The minimum atomic E-state index is 0.372. The van der Waals surface area contributed by atoms with Crippen molar-refractivity contribution in [1.29, 1.82) is 5.26 Å². The molecule has 0 radical (unpaired) electrons. The van der Waals surface area contributed by atoms with Crippen LogP contribution in [0.2, 0.25) is 10.0 Å². The van der Waals surface area contributed by atoms with Gasteiger partial charge < -0.3 is 0 Å². The van der Waals surface area contributed by atoms with Gasteiger partial charge in [0.15, 0.2) is 0 Å². The summed E-state index contributed by atoms with van der Waals surface area (Å²) in [7, 11) is 0. The van der Waals surface area contributed by atoms with E-state index in [0.29, 0.717) is 16.5 Å². The molecule has 70 valence electrons. The van der Waals surface area contributed by atoms with E-state index in [1.165, 1.54) is 0 Å². The van der Waals surface area contributed by atoms with Crippen LogP contribution in [0, 0.1) is 11.3 Å². The highest BCUT2D eigenvalue weighted by atomic mass is 127. The molecule has 0 saturated carbocycles. The van der Waals surface area contributed by atoms with Gasteiger partial charge in [0, 0.05) is 0 Å². The van der Waals surface area contributed by atoms with Crippen LogP contribution in [0.15, 0.2) is 18.2 Å². The first kappa shape index (κ1) is 13.0. The average Bonchev–Trinajstić information content (AvgIpc) is 2.15. The average molecular weight is 328 g/mol. The van der Waals surface area contributed by atoms with E-state index in [4.69, 9.17) is 28.5 Å². The molecule has 0 atom stereocenters. The Labute approximate surface area is 102 Å². The summed E-state index contributed by atoms with van der Waals surface area (Å²) in [5.74, 6) is 0. The van der Waals surface area contributed by atoms with Crippen molar-refractivity contribution in [1.82, 2.24) is 0 Å². The number of hydrogen-bond donors (Lipinski definition) is 0. The van der Waals surface area contributed by atoms with Gasteiger partial charge in [-0.1, -0.05) is 51.9 Å². The van der Waals surface area contributed by atoms with Gasteiger partial charge in [0.05, 0.1) is 22.5 Å². The normalized spacial score (nSPS) is 8.23. The molecule has 1 nitrogen and oxygen atoms in total. The van der Waals surface area contributed by atoms with Crippen molar-refractivity contribution < 1.29 is 0 Å². The summed E-state index contributed by atoms with van der Waals surface area (Å²) >= 11 is 13.5. The maximum atomic E-state index is 8.35. The van der Waals surface area contributed by atoms with Gasteiger partial charge in [-0.15, -0.1) is 0 Å². The summed E-state index contributed by atoms with van der Waals surface area (Å²) in [6.07, 6.45) is 0.372. The van der Waals surface area contributed by atoms with Crippen molar-refractivity contribution >= 4 is 45.8 Å². The second-order valence-corrected chi connectivity index (χ2v) is 2.90. The highest BCUT2D eigenvalue weighted by molar-refractivity contribution is 14.1. The molecule has 0 unspecified atom stereocenters. The van der Waals surface area contributed by atoms with Gasteiger partial charge in [-0.05, 0) is 22.6 Å². The van der Waals surface area contributed by atoms with Crippen molar-refractivity contribution in [3.63, 3.8) is 0 Å². The lowest BCUT2D eigenvalue weighted by Crippen LogP contribution is -1.80. The van der Waals surface area contributed by atoms with Crippen LogP contribution in [0.5, 0.6) is 0 Å². The number of nitriles is 1. The third kappa shape index (κ3) is 4.70. The largest absolute Gasteiger partial charge is 0.198 e. The highest BCUT2D eigenvalue weighted by Crippen LogP contribution is 2.22. The standard InChI is InChI=1S/C8H5Cl2N.CH3I/c9-7-2-1-6(3-4-11)5-8(7)10;1-2/h1-2,5H,3H2;1H3. The summed E-state index contributed by atoms with van der Waals surface area (Å²) in [5, 5.41) is 9.37. The summed E-state index contributed by atoms with van der Waals surface area (Å²) < 4.78 is 0. The fourth-order valence-corrected chi connectivity index (χ4v) is 1.06. The highest BCUT2D eigenvalue weighted by Gasteiger charge is 1.97. The first-order chi connectivity index (χ1) is 6.24. The molecule has 0 aliphatic rings. The number of benzene rings is 1. The van der Waals surface area contributed by atoms with Crippen molar-refractivity contribution in [3.8, 4) is 6.07 Å². The maximum absolute atomic E-state index is 8.35. The summed E-state index contributed by atoms with van der Waals surface area (Å²) in [4.78, 5) is 1.97. The van der Waals surface area contributed by atoms with Crippen molar-refractivity contribution in [2.75, 3.05) is 4.93 Å². The fourth-order valence-electron chi connectivity index (χ4n) is 0.741. The third-order valence-corrected chi connectivity index (χ3v) is 2.01. The fraction of sp³-hybridized carbons (Fsp3) is 0.222. The van der Waals surface area contributed by atoms with Crippen molar-refractivity contribution in [3.05, 3.63) is 33.8 Å². The van der Waals surface area contributed by atoms with Gasteiger partial charge in [0.25, 0.3) is 0 Å². The Balaban J connectivity index is 0.000000671. The van der Waals surface area contributed by atoms with E-state index in [9.17, 15) is 0 Å². The molecule has 0 aromatic heterocycles. The molecule has 0 saturated heterocycles. The molecular formula is C9H8Cl2IN. The Hall–Kier alpha value is 0.0200. The van der Waals surface area contributed by atoms with E-state index in [-0.39, 0.29) is 0 Å². The molecule has 1 rings (SSSR count). The van der Waals surface area contributed by atoms with Crippen molar-refractivity contribution in [2.24, 2.45) is 0 Å². The van der Waals surface area contributed by atoms with Gasteiger partial charge in [-0.2, -0.15) is 5.26 Å². The van der Waals surface area contributed by atoms with E-state index < -0.39 is 0 Å². The Morgan fingerprint density at radius 2 is 1.92 bits per heavy atom. The zero-order valence-electron chi connectivity index (χ0n) is 7.02. The minimum Gasteiger partial charge on any atom is -0.198 e. The minimum absolute atomic E-state index is 0.372. The quantitative estimate of drug-likeness (QED) is 0.562. The third-order valence-electron chi connectivity index (χ3n) is 1.27. The number of hydrogen-bond acceptors (Lipinski definition) is 1. The Morgan fingerprint density at radius 3 is 2.38 bits per heavy atom. The molecule has 0 bridgehead atoms. The van der Waals surface area contributed by atoms with Crippen LogP contribution in [0.25, 0.3) is 0 Å². The number of alkyl halides is 1. The van der Waals surface area contributed by atoms with Crippen LogP contribution in [-0.2, 0) is 6.42 Å². The van der Waals surface area contributed by atoms with E-state index in [0.717, 1.165) is 5.56 Å². The molecule has 1 aromatic carbocycles. The summed E-state index contributed by atoms with van der Waals surface area (Å²) in [5.41, 5.74) is 0.891. The maximum Gasteiger partial charge on any atom is 0.0669 e. The molecule has 0 spiro atoms. The Kier molecular flexibility index (Phi) is 7.44. The zero-order valence-corrected chi connectivity index (χ0v) is 10.7. The second kappa shape index (κ2) is 7.43. The number of halogens is 3. The van der Waals surface area contributed by atoms with Crippen LogP contribution >= 0.6 is 45.8 Å². The van der Waals surface area contributed by atoms with E-state index in [1.54, 1.807) is 18.2 Å². The van der Waals surface area contributed by atoms with Crippen LogP contribution in [-0.4, -0.2) is 4.93 Å². The van der Waals surface area contributed by atoms with Gasteiger partial charge in [-0.25, -0.2) is 0 Å². The lowest BCUT2D eigenvalue weighted by atomic mass is 10.2. The summed E-state index contributed by atoms with van der Waals surface area (Å²) in [6, 6.07) is 7.21. The number of nitrogens with zero attached hydrogens (tertiary/aromatic N) is 1. The molecule has 0 aliphatic carbocycles. The van der Waals surface area contributed by atoms with E-state index in [1.807, 2.05) is 11.0 Å². The molecule has 0 heterocycles.